The van der Waals surface area contributed by atoms with Gasteiger partial charge in [0.25, 0.3) is 0 Å². The third-order valence-electron chi connectivity index (χ3n) is 14.0. The van der Waals surface area contributed by atoms with Gasteiger partial charge in [0.2, 0.25) is 5.91 Å². The Hall–Kier alpha value is -3.82. The molecule has 490 valence electrons. The van der Waals surface area contributed by atoms with Crippen molar-refractivity contribution < 1.29 is 69.5 Å². The average molecular weight is 1250 g/mol. The average Bonchev–Trinajstić information content (AvgIpc) is 3.55. The van der Waals surface area contributed by atoms with Gasteiger partial charge in [0.15, 0.2) is 0 Å². The minimum atomic E-state index is -2.72. The molecule has 0 aromatic carbocycles. The first kappa shape index (κ1) is 82.2. The standard InChI is InChI=1S/C35H69N5O13SSi2.C26H48O2/c1-9-31(32(42)52-25-19-29-56(49-6,50-7)51-8)54-27-26-53-35(45)39-22-16-11-10-15-21-38-34(44)40(30(2)41)24-17-13-12-14-20-36-33(43)37-23-18-28-55(46-3,47-4)48-5;1-4-6-8-9-10-11-12-13-14-15-16-17-18-19-20-22-24-28-26(27)25(3)23-21-7-5-2/h9,31H,1,10-29H2,2-8H3,(H,38,44)(H,39,45)(H2,36,37,43);5H,2-4,6-24H2,1H3. The van der Waals surface area contributed by atoms with Crippen LogP contribution in [-0.2, 0) is 55.2 Å². The number of amides is 6. The van der Waals surface area contributed by atoms with Gasteiger partial charge in [0.05, 0.1) is 13.2 Å². The van der Waals surface area contributed by atoms with Crippen molar-refractivity contribution in [3.8, 4) is 0 Å². The van der Waals surface area contributed by atoms with Gasteiger partial charge >= 0.3 is 47.7 Å². The first-order valence-corrected chi connectivity index (χ1v) is 36.2. The van der Waals surface area contributed by atoms with Crippen LogP contribution in [0.3, 0.4) is 0 Å². The predicted molar refractivity (Wildman–Crippen MR) is 342 cm³/mol. The van der Waals surface area contributed by atoms with Crippen LogP contribution in [0.4, 0.5) is 14.4 Å². The van der Waals surface area contributed by atoms with E-state index in [2.05, 4.69) is 47.9 Å². The summed E-state index contributed by atoms with van der Waals surface area (Å²) < 4.78 is 48.0. The molecule has 0 aromatic rings. The van der Waals surface area contributed by atoms with Crippen LogP contribution in [-0.4, -0.2) is 165 Å². The van der Waals surface area contributed by atoms with E-state index in [1.165, 1.54) is 141 Å². The van der Waals surface area contributed by atoms with Crippen LogP contribution in [0.25, 0.3) is 0 Å². The van der Waals surface area contributed by atoms with E-state index < -0.39 is 41.0 Å². The molecule has 20 nitrogen and oxygen atoms in total. The maximum absolute atomic E-state index is 12.6. The number of thioether (sulfide) groups is 1. The highest BCUT2D eigenvalue weighted by molar-refractivity contribution is 8.00. The molecule has 0 saturated carbocycles. The van der Waals surface area contributed by atoms with E-state index in [0.29, 0.717) is 88.4 Å². The van der Waals surface area contributed by atoms with Crippen molar-refractivity contribution in [2.75, 3.05) is 101 Å². The van der Waals surface area contributed by atoms with Gasteiger partial charge in [0.1, 0.15) is 11.9 Å². The van der Waals surface area contributed by atoms with Crippen LogP contribution in [0.1, 0.15) is 200 Å². The summed E-state index contributed by atoms with van der Waals surface area (Å²) in [6.45, 7) is 17.9. The summed E-state index contributed by atoms with van der Waals surface area (Å²) in [5.41, 5.74) is 0.596. The minimum Gasteiger partial charge on any atom is -0.465 e. The Kier molecular flexibility index (Phi) is 57.0. The summed E-state index contributed by atoms with van der Waals surface area (Å²) in [5.74, 6) is -0.555. The zero-order valence-corrected chi connectivity index (χ0v) is 56.4. The van der Waals surface area contributed by atoms with Gasteiger partial charge in [0, 0.05) is 106 Å². The van der Waals surface area contributed by atoms with E-state index in [4.69, 9.17) is 40.8 Å². The molecule has 0 saturated heterocycles. The Bertz CT molecular complexity index is 1700. The van der Waals surface area contributed by atoms with Crippen molar-refractivity contribution >= 4 is 65.4 Å². The molecule has 84 heavy (non-hydrogen) atoms. The Balaban J connectivity index is 0. The lowest BCUT2D eigenvalue weighted by molar-refractivity contribution is -0.142. The number of hydrogen-bond donors (Lipinski definition) is 4. The second-order valence-electron chi connectivity index (χ2n) is 20.7. The Morgan fingerprint density at radius 2 is 0.952 bits per heavy atom. The molecule has 0 aromatic heterocycles. The van der Waals surface area contributed by atoms with Gasteiger partial charge in [-0.2, -0.15) is 0 Å². The number of unbranched alkanes of at least 4 members (excludes halogenated alkanes) is 22. The van der Waals surface area contributed by atoms with E-state index in [-0.39, 0.29) is 31.1 Å². The fourth-order valence-electron chi connectivity index (χ4n) is 8.73. The molecule has 0 rings (SSSR count). The third kappa shape index (κ3) is 46.4. The first-order chi connectivity index (χ1) is 40.6. The largest absolute Gasteiger partial charge is 0.500 e. The quantitative estimate of drug-likeness (QED) is 0.0111. The Morgan fingerprint density at radius 1 is 0.512 bits per heavy atom. The van der Waals surface area contributed by atoms with Gasteiger partial charge in [-0.1, -0.05) is 148 Å². The van der Waals surface area contributed by atoms with Crippen molar-refractivity contribution in [2.45, 2.75) is 217 Å². The maximum atomic E-state index is 12.6. The molecule has 23 heteroatoms. The number of urea groups is 2. The number of imide groups is 1. The molecule has 0 radical (unpaired) electrons. The normalized spacial score (nSPS) is 11.6. The van der Waals surface area contributed by atoms with Crippen LogP contribution in [0, 0.1) is 0 Å². The molecule has 1 unspecified atom stereocenters. The molecule has 0 heterocycles. The number of nitrogens with one attached hydrogen (secondary N) is 4. The SMILES string of the molecule is C=CC(SCCOC(=O)NCCCCCCNC(=O)N(CCCCCCNC(=O)NCCC[Si](OC)(OC)OC)C(C)=O)C(=O)OCCC[Si](OC)(OC)OC.C=CCCCC(=C)C(=O)OCCCCCCCCCCCCCCCCCC. The molecule has 1 atom stereocenters. The van der Waals surface area contributed by atoms with Crippen molar-refractivity contribution in [1.29, 1.82) is 0 Å². The topological polar surface area (TPSA) is 237 Å². The summed E-state index contributed by atoms with van der Waals surface area (Å²) in [5, 5.41) is 10.6. The highest BCUT2D eigenvalue weighted by Gasteiger charge is 2.38. The summed E-state index contributed by atoms with van der Waals surface area (Å²) >= 11 is 1.27. The molecular formula is C61H117N5O15SSi2. The summed E-state index contributed by atoms with van der Waals surface area (Å²) in [6.07, 6.45) is 34.5. The Morgan fingerprint density at radius 3 is 1.44 bits per heavy atom. The van der Waals surface area contributed by atoms with Gasteiger partial charge in [-0.25, -0.2) is 19.2 Å². The zero-order valence-electron chi connectivity index (χ0n) is 53.6. The molecular weight excluding hydrogens is 1130 g/mol. The second kappa shape index (κ2) is 58.2. The number of alkyl carbamates (subject to hydrolysis) is 1. The van der Waals surface area contributed by atoms with Gasteiger partial charge in [-0.3, -0.25) is 14.5 Å². The number of nitrogens with zero attached hydrogens (tertiary/aromatic N) is 1. The van der Waals surface area contributed by atoms with E-state index in [1.807, 2.05) is 6.08 Å². The number of ether oxygens (including phenoxy) is 3. The van der Waals surface area contributed by atoms with Crippen molar-refractivity contribution in [2.24, 2.45) is 0 Å². The summed E-state index contributed by atoms with van der Waals surface area (Å²) in [6, 6.07) is 0.468. The van der Waals surface area contributed by atoms with Gasteiger partial charge < -0.3 is 62.0 Å². The monoisotopic (exact) mass is 1250 g/mol. The molecule has 0 aliphatic rings. The van der Waals surface area contributed by atoms with E-state index in [0.717, 1.165) is 70.6 Å². The zero-order chi connectivity index (χ0) is 62.8. The predicted octanol–water partition coefficient (Wildman–Crippen LogP) is 12.8. The lowest BCUT2D eigenvalue weighted by Crippen LogP contribution is -2.44. The maximum Gasteiger partial charge on any atom is 0.500 e. The van der Waals surface area contributed by atoms with E-state index >= 15 is 0 Å². The second-order valence-corrected chi connectivity index (χ2v) is 28.1. The van der Waals surface area contributed by atoms with Crippen LogP contribution in [0.5, 0.6) is 0 Å². The molecule has 0 bridgehead atoms. The number of hydrogen-bond acceptors (Lipinski definition) is 16. The van der Waals surface area contributed by atoms with Gasteiger partial charge in [-0.15, -0.1) is 24.9 Å². The summed E-state index contributed by atoms with van der Waals surface area (Å²) in [4.78, 5) is 74.0. The highest BCUT2D eigenvalue weighted by atomic mass is 32.2. The third-order valence-corrected chi connectivity index (χ3v) is 20.8. The Labute approximate surface area is 514 Å². The van der Waals surface area contributed by atoms with E-state index in [9.17, 15) is 28.8 Å². The number of carbonyl (C=O) groups is 6. The van der Waals surface area contributed by atoms with Crippen molar-refractivity contribution in [1.82, 2.24) is 26.2 Å². The molecule has 0 spiro atoms. The smallest absolute Gasteiger partial charge is 0.465 e. The van der Waals surface area contributed by atoms with Crippen LogP contribution in [0.2, 0.25) is 12.1 Å². The van der Waals surface area contributed by atoms with Crippen molar-refractivity contribution in [3.63, 3.8) is 0 Å². The molecule has 4 N–H and O–H groups in total. The number of esters is 2. The van der Waals surface area contributed by atoms with Crippen molar-refractivity contribution in [3.05, 3.63) is 37.5 Å². The van der Waals surface area contributed by atoms with Gasteiger partial charge in [-0.05, 0) is 64.2 Å². The van der Waals surface area contributed by atoms with E-state index in [1.54, 1.807) is 21.3 Å². The lowest BCUT2D eigenvalue weighted by atomic mass is 10.0. The molecule has 6 amide bonds. The highest BCUT2D eigenvalue weighted by Crippen LogP contribution is 2.19. The van der Waals surface area contributed by atoms with Crippen LogP contribution >= 0.6 is 11.8 Å². The molecule has 0 aliphatic heterocycles. The number of rotatable bonds is 56. The van der Waals surface area contributed by atoms with Crippen LogP contribution < -0.4 is 21.3 Å². The van der Waals surface area contributed by atoms with Crippen LogP contribution in [0.15, 0.2) is 37.5 Å². The fourth-order valence-corrected chi connectivity index (χ4v) is 12.9. The molecule has 0 aliphatic carbocycles. The number of allylic oxidation sites excluding steroid dienone is 1. The molecule has 0 fully saturated rings. The summed E-state index contributed by atoms with van der Waals surface area (Å²) in [7, 11) is 3.90. The minimum absolute atomic E-state index is 0.122. The fraction of sp³-hybridized carbons (Fsp3) is 0.803. The number of carbonyl (C=O) groups excluding carboxylic acids is 6. The lowest BCUT2D eigenvalue weighted by Gasteiger charge is -2.24. The first-order valence-electron chi connectivity index (χ1n) is 31.3.